The minimum atomic E-state index is -0.480. The lowest BCUT2D eigenvalue weighted by molar-refractivity contribution is -0.115. The molecule has 0 aliphatic rings. The standard InChI is InChI=1S/C34H28N4O3S/c1-23(32(39)37-30-15-7-13-25-10-5-6-14-29(25)30)42-28-18-16-27(17-19-28)36-34(41)31(21-24-9-8-20-35-22-24)38-33(40)26-11-3-2-4-12-26/h2-23H,1H3,(H,36,41)(H,37,39)(H,38,40)/b31-21-. The second-order valence-electron chi connectivity index (χ2n) is 9.42. The summed E-state index contributed by atoms with van der Waals surface area (Å²) in [5, 5.41) is 10.3. The molecule has 3 N–H and O–H groups in total. The third kappa shape index (κ3) is 7.30. The minimum Gasteiger partial charge on any atom is -0.325 e. The zero-order valence-corrected chi connectivity index (χ0v) is 23.6. The van der Waals surface area contributed by atoms with E-state index in [9.17, 15) is 14.4 Å². The van der Waals surface area contributed by atoms with Crippen LogP contribution in [-0.2, 0) is 9.59 Å². The average molecular weight is 573 g/mol. The number of pyridine rings is 1. The number of anilines is 2. The fourth-order valence-corrected chi connectivity index (χ4v) is 5.08. The molecule has 0 saturated carbocycles. The summed E-state index contributed by atoms with van der Waals surface area (Å²) >= 11 is 1.42. The average Bonchev–Trinajstić information content (AvgIpc) is 3.02. The van der Waals surface area contributed by atoms with E-state index in [1.54, 1.807) is 67.0 Å². The highest BCUT2D eigenvalue weighted by Crippen LogP contribution is 2.28. The van der Waals surface area contributed by atoms with Crippen molar-refractivity contribution in [3.8, 4) is 0 Å². The van der Waals surface area contributed by atoms with Crippen LogP contribution in [0.4, 0.5) is 11.4 Å². The molecule has 0 spiro atoms. The van der Waals surface area contributed by atoms with Gasteiger partial charge in [0.15, 0.2) is 0 Å². The van der Waals surface area contributed by atoms with Gasteiger partial charge in [-0.1, -0.05) is 60.7 Å². The summed E-state index contributed by atoms with van der Waals surface area (Å²) in [5.41, 5.74) is 2.50. The summed E-state index contributed by atoms with van der Waals surface area (Å²) in [6.07, 6.45) is 4.81. The number of hydrogen-bond acceptors (Lipinski definition) is 5. The number of thioether (sulfide) groups is 1. The summed E-state index contributed by atoms with van der Waals surface area (Å²) in [5.74, 6) is -0.983. The Labute approximate surface area is 248 Å². The zero-order chi connectivity index (χ0) is 29.3. The van der Waals surface area contributed by atoms with E-state index in [1.165, 1.54) is 11.8 Å². The Balaban J connectivity index is 1.24. The van der Waals surface area contributed by atoms with E-state index in [2.05, 4.69) is 20.9 Å². The highest BCUT2D eigenvalue weighted by molar-refractivity contribution is 8.00. The van der Waals surface area contributed by atoms with Crippen molar-refractivity contribution in [2.75, 3.05) is 10.6 Å². The molecule has 0 aliphatic heterocycles. The largest absolute Gasteiger partial charge is 0.325 e. The lowest BCUT2D eigenvalue weighted by Gasteiger charge is -2.14. The molecule has 0 fully saturated rings. The molecule has 0 bridgehead atoms. The fourth-order valence-electron chi connectivity index (χ4n) is 4.21. The maximum Gasteiger partial charge on any atom is 0.272 e. The molecule has 42 heavy (non-hydrogen) atoms. The van der Waals surface area contributed by atoms with E-state index >= 15 is 0 Å². The van der Waals surface area contributed by atoms with Gasteiger partial charge in [0.05, 0.1) is 5.25 Å². The molecule has 1 aromatic heterocycles. The van der Waals surface area contributed by atoms with E-state index < -0.39 is 11.8 Å². The van der Waals surface area contributed by atoms with Crippen LogP contribution in [0.2, 0.25) is 0 Å². The first kappa shape index (κ1) is 28.3. The van der Waals surface area contributed by atoms with E-state index in [4.69, 9.17) is 0 Å². The molecule has 8 heteroatoms. The fraction of sp³-hybridized carbons (Fsp3) is 0.0588. The van der Waals surface area contributed by atoms with Gasteiger partial charge in [0.1, 0.15) is 5.70 Å². The van der Waals surface area contributed by atoms with Crippen molar-refractivity contribution in [1.82, 2.24) is 10.3 Å². The van der Waals surface area contributed by atoms with E-state index in [0.717, 1.165) is 21.4 Å². The van der Waals surface area contributed by atoms with E-state index in [1.807, 2.05) is 67.6 Å². The van der Waals surface area contributed by atoms with Gasteiger partial charge >= 0.3 is 0 Å². The summed E-state index contributed by atoms with van der Waals surface area (Å²) in [4.78, 5) is 43.9. The first-order chi connectivity index (χ1) is 20.5. The number of hydrogen-bond donors (Lipinski definition) is 3. The molecule has 1 unspecified atom stereocenters. The highest BCUT2D eigenvalue weighted by atomic mass is 32.2. The van der Waals surface area contributed by atoms with Crippen molar-refractivity contribution < 1.29 is 14.4 Å². The van der Waals surface area contributed by atoms with Gasteiger partial charge in [-0.15, -0.1) is 11.8 Å². The van der Waals surface area contributed by atoms with Crippen LogP contribution in [0, 0.1) is 0 Å². The van der Waals surface area contributed by atoms with Crippen LogP contribution in [0.25, 0.3) is 16.8 Å². The molecule has 0 radical (unpaired) electrons. The first-order valence-electron chi connectivity index (χ1n) is 13.3. The van der Waals surface area contributed by atoms with Gasteiger partial charge < -0.3 is 16.0 Å². The number of nitrogens with one attached hydrogen (secondary N) is 3. The van der Waals surface area contributed by atoms with Crippen molar-refractivity contribution in [3.05, 3.63) is 138 Å². The zero-order valence-electron chi connectivity index (χ0n) is 22.8. The number of amides is 3. The smallest absolute Gasteiger partial charge is 0.272 e. The van der Waals surface area contributed by atoms with Crippen molar-refractivity contribution >= 4 is 57.7 Å². The Morgan fingerprint density at radius 2 is 1.52 bits per heavy atom. The number of aromatic nitrogens is 1. The number of benzene rings is 4. The molecule has 208 valence electrons. The molecule has 7 nitrogen and oxygen atoms in total. The topological polar surface area (TPSA) is 100 Å². The van der Waals surface area contributed by atoms with Crippen molar-refractivity contribution in [1.29, 1.82) is 0 Å². The molecule has 4 aromatic carbocycles. The van der Waals surface area contributed by atoms with Crippen LogP contribution in [0.5, 0.6) is 0 Å². The number of rotatable bonds is 9. The van der Waals surface area contributed by atoms with Gasteiger partial charge in [-0.2, -0.15) is 0 Å². The Hall–Kier alpha value is -5.21. The lowest BCUT2D eigenvalue weighted by Crippen LogP contribution is -2.30. The van der Waals surface area contributed by atoms with E-state index in [-0.39, 0.29) is 16.9 Å². The molecule has 0 aliphatic carbocycles. The second-order valence-corrected chi connectivity index (χ2v) is 10.8. The summed E-state index contributed by atoms with van der Waals surface area (Å²) < 4.78 is 0. The van der Waals surface area contributed by atoms with Crippen molar-refractivity contribution in [3.63, 3.8) is 0 Å². The third-order valence-electron chi connectivity index (χ3n) is 6.37. The van der Waals surface area contributed by atoms with Gasteiger partial charge in [-0.3, -0.25) is 19.4 Å². The number of carbonyl (C=O) groups excluding carboxylic acids is 3. The van der Waals surface area contributed by atoms with Gasteiger partial charge in [0.25, 0.3) is 11.8 Å². The lowest BCUT2D eigenvalue weighted by atomic mass is 10.1. The van der Waals surface area contributed by atoms with Gasteiger partial charge in [-0.25, -0.2) is 0 Å². The number of nitrogens with zero attached hydrogens (tertiary/aromatic N) is 1. The van der Waals surface area contributed by atoms with Crippen LogP contribution in [0.1, 0.15) is 22.8 Å². The molecule has 1 atom stereocenters. The Morgan fingerprint density at radius 3 is 2.29 bits per heavy atom. The van der Waals surface area contributed by atoms with Gasteiger partial charge in [0, 0.05) is 39.6 Å². The summed E-state index contributed by atoms with van der Waals surface area (Å²) in [7, 11) is 0. The second kappa shape index (κ2) is 13.4. The normalized spacial score (nSPS) is 11.9. The molecule has 5 rings (SSSR count). The molecular formula is C34H28N4O3S. The Morgan fingerprint density at radius 1 is 0.786 bits per heavy atom. The molecular weight excluding hydrogens is 544 g/mol. The minimum absolute atomic E-state index is 0.0778. The van der Waals surface area contributed by atoms with Gasteiger partial charge in [-0.05, 0) is 72.5 Å². The Kier molecular flexibility index (Phi) is 9.06. The predicted octanol–water partition coefficient (Wildman–Crippen LogP) is 6.76. The van der Waals surface area contributed by atoms with Crippen LogP contribution in [-0.4, -0.2) is 28.0 Å². The van der Waals surface area contributed by atoms with Crippen molar-refractivity contribution in [2.24, 2.45) is 0 Å². The maximum absolute atomic E-state index is 13.2. The van der Waals surface area contributed by atoms with Crippen LogP contribution in [0.3, 0.4) is 0 Å². The molecule has 0 saturated heterocycles. The molecule has 5 aromatic rings. The summed E-state index contributed by atoms with van der Waals surface area (Å²) in [6, 6.07) is 33.2. The quantitative estimate of drug-likeness (QED) is 0.134. The number of carbonyl (C=O) groups is 3. The SMILES string of the molecule is CC(Sc1ccc(NC(=O)/C(=C/c2cccnc2)NC(=O)c2ccccc2)cc1)C(=O)Nc1cccc2ccccc12. The monoisotopic (exact) mass is 572 g/mol. The third-order valence-corrected chi connectivity index (χ3v) is 7.48. The van der Waals surface area contributed by atoms with E-state index in [0.29, 0.717) is 16.8 Å². The highest BCUT2D eigenvalue weighted by Gasteiger charge is 2.17. The van der Waals surface area contributed by atoms with Gasteiger partial charge in [0.2, 0.25) is 5.91 Å². The predicted molar refractivity (Wildman–Crippen MR) is 169 cm³/mol. The number of fused-ring (bicyclic) bond motifs is 1. The molecule has 3 amide bonds. The maximum atomic E-state index is 13.2. The molecule has 1 heterocycles. The van der Waals surface area contributed by atoms with Crippen molar-refractivity contribution in [2.45, 2.75) is 17.1 Å². The van der Waals surface area contributed by atoms with Crippen LogP contribution in [0.15, 0.2) is 132 Å². The summed E-state index contributed by atoms with van der Waals surface area (Å²) in [6.45, 7) is 1.85. The first-order valence-corrected chi connectivity index (χ1v) is 14.2. The van der Waals surface area contributed by atoms with Crippen LogP contribution >= 0.6 is 11.8 Å². The van der Waals surface area contributed by atoms with Crippen LogP contribution < -0.4 is 16.0 Å². The Bertz CT molecular complexity index is 1730.